The van der Waals surface area contributed by atoms with Crippen LogP contribution in [0, 0.1) is 0 Å². The van der Waals surface area contributed by atoms with Crippen LogP contribution in [0.1, 0.15) is 25.0 Å². The standard InChI is InChI=1S/C23H26F2N4O2.HI/c1-3-26-23(28-14-16-12-13-27-19-10-6-5-9-18(16)19)29-15-17-8-7-11-20(30-4-2)21(17)31-22(24)25;/h5-13,22H,3-4,14-15H2,1-2H3,(H2,26,28,29);1H. The molecular weight excluding hydrogens is 529 g/mol. The molecule has 2 N–H and O–H groups in total. The van der Waals surface area contributed by atoms with Gasteiger partial charge in [-0.25, -0.2) is 4.99 Å². The largest absolute Gasteiger partial charge is 0.490 e. The van der Waals surface area contributed by atoms with Gasteiger partial charge in [-0.05, 0) is 37.6 Å². The minimum absolute atomic E-state index is 0. The summed E-state index contributed by atoms with van der Waals surface area (Å²) in [6.45, 7) is 2.48. The molecule has 2 aromatic carbocycles. The number of ether oxygens (including phenoxy) is 2. The van der Waals surface area contributed by atoms with Crippen molar-refractivity contribution in [2.24, 2.45) is 4.99 Å². The van der Waals surface area contributed by atoms with Crippen molar-refractivity contribution in [1.82, 2.24) is 15.6 Å². The highest BCUT2D eigenvalue weighted by molar-refractivity contribution is 14.0. The summed E-state index contributed by atoms with van der Waals surface area (Å²) in [6, 6.07) is 14.9. The molecule has 0 aliphatic heterocycles. The molecule has 0 aliphatic carbocycles. The van der Waals surface area contributed by atoms with E-state index in [0.29, 0.717) is 31.2 Å². The SMILES string of the molecule is CCNC(=NCc1cccc(OCC)c1OC(F)F)NCc1ccnc2ccccc12.I. The Hall–Kier alpha value is -2.69. The van der Waals surface area contributed by atoms with E-state index in [9.17, 15) is 8.78 Å². The third-order valence-corrected chi connectivity index (χ3v) is 4.50. The lowest BCUT2D eigenvalue weighted by Gasteiger charge is -2.16. The first kappa shape index (κ1) is 25.6. The van der Waals surface area contributed by atoms with Gasteiger partial charge in [0.15, 0.2) is 17.5 Å². The molecule has 1 aromatic heterocycles. The summed E-state index contributed by atoms with van der Waals surface area (Å²) < 4.78 is 36.0. The van der Waals surface area contributed by atoms with Crippen molar-refractivity contribution in [2.45, 2.75) is 33.5 Å². The Morgan fingerprint density at radius 1 is 1.03 bits per heavy atom. The first-order chi connectivity index (χ1) is 15.1. The van der Waals surface area contributed by atoms with Crippen molar-refractivity contribution in [3.05, 3.63) is 65.9 Å². The predicted molar refractivity (Wildman–Crippen MR) is 133 cm³/mol. The lowest BCUT2D eigenvalue weighted by atomic mass is 10.1. The molecule has 0 saturated heterocycles. The van der Waals surface area contributed by atoms with Gasteiger partial charge in [-0.3, -0.25) is 4.98 Å². The Balaban J connectivity index is 0.00000363. The van der Waals surface area contributed by atoms with Gasteiger partial charge in [0.2, 0.25) is 0 Å². The second kappa shape index (κ2) is 13.0. The summed E-state index contributed by atoms with van der Waals surface area (Å²) in [4.78, 5) is 8.92. The summed E-state index contributed by atoms with van der Waals surface area (Å²) >= 11 is 0. The highest BCUT2D eigenvalue weighted by Gasteiger charge is 2.15. The highest BCUT2D eigenvalue weighted by Crippen LogP contribution is 2.33. The summed E-state index contributed by atoms with van der Waals surface area (Å²) in [5.41, 5.74) is 2.51. The molecule has 6 nitrogen and oxygen atoms in total. The van der Waals surface area contributed by atoms with Gasteiger partial charge in [0, 0.05) is 30.2 Å². The summed E-state index contributed by atoms with van der Waals surface area (Å²) in [5, 5.41) is 7.53. The molecule has 0 unspecified atom stereocenters. The van der Waals surface area contributed by atoms with Gasteiger partial charge in [-0.2, -0.15) is 8.78 Å². The quantitative estimate of drug-likeness (QED) is 0.218. The third-order valence-electron chi connectivity index (χ3n) is 4.50. The second-order valence-electron chi connectivity index (χ2n) is 6.59. The second-order valence-corrected chi connectivity index (χ2v) is 6.59. The van der Waals surface area contributed by atoms with Gasteiger partial charge in [0.05, 0.1) is 18.7 Å². The minimum Gasteiger partial charge on any atom is -0.490 e. The smallest absolute Gasteiger partial charge is 0.387 e. The van der Waals surface area contributed by atoms with Crippen LogP contribution >= 0.6 is 24.0 Å². The van der Waals surface area contributed by atoms with Gasteiger partial charge in [-0.15, -0.1) is 24.0 Å². The Labute approximate surface area is 203 Å². The minimum atomic E-state index is -2.95. The fourth-order valence-electron chi connectivity index (χ4n) is 3.17. The normalized spacial score (nSPS) is 11.2. The van der Waals surface area contributed by atoms with Crippen LogP contribution in [0.2, 0.25) is 0 Å². The maximum atomic E-state index is 12.9. The van der Waals surface area contributed by atoms with Crippen LogP contribution in [0.15, 0.2) is 59.7 Å². The molecule has 0 bridgehead atoms. The van der Waals surface area contributed by atoms with Crippen LogP contribution in [0.3, 0.4) is 0 Å². The Kier molecular flexibility index (Phi) is 10.4. The lowest BCUT2D eigenvalue weighted by molar-refractivity contribution is -0.0520. The summed E-state index contributed by atoms with van der Waals surface area (Å²) in [6.07, 6.45) is 1.77. The molecule has 172 valence electrons. The lowest BCUT2D eigenvalue weighted by Crippen LogP contribution is -2.36. The van der Waals surface area contributed by atoms with Gasteiger partial charge >= 0.3 is 6.61 Å². The van der Waals surface area contributed by atoms with Crippen molar-refractivity contribution in [3.63, 3.8) is 0 Å². The van der Waals surface area contributed by atoms with Gasteiger partial charge in [-0.1, -0.05) is 30.3 Å². The molecule has 3 aromatic rings. The van der Waals surface area contributed by atoms with Crippen LogP contribution < -0.4 is 20.1 Å². The maximum Gasteiger partial charge on any atom is 0.387 e. The number of alkyl halides is 2. The predicted octanol–water partition coefficient (Wildman–Crippen LogP) is 5.11. The fourth-order valence-corrected chi connectivity index (χ4v) is 3.17. The van der Waals surface area contributed by atoms with Gasteiger partial charge < -0.3 is 20.1 Å². The number of guanidine groups is 1. The number of hydrogen-bond acceptors (Lipinski definition) is 4. The van der Waals surface area contributed by atoms with E-state index in [1.807, 2.05) is 37.3 Å². The molecule has 0 radical (unpaired) electrons. The Morgan fingerprint density at radius 2 is 1.84 bits per heavy atom. The van der Waals surface area contributed by atoms with Crippen LogP contribution in [0.4, 0.5) is 8.78 Å². The van der Waals surface area contributed by atoms with E-state index in [-0.39, 0.29) is 42.0 Å². The van der Waals surface area contributed by atoms with Crippen molar-refractivity contribution >= 4 is 40.8 Å². The number of para-hydroxylation sites is 2. The molecule has 1 heterocycles. The fraction of sp³-hybridized carbons (Fsp3) is 0.304. The number of hydrogen-bond donors (Lipinski definition) is 2. The summed E-state index contributed by atoms with van der Waals surface area (Å²) in [7, 11) is 0. The molecular formula is C23H27F2IN4O2. The van der Waals surface area contributed by atoms with E-state index in [0.717, 1.165) is 16.5 Å². The van der Waals surface area contributed by atoms with Crippen LogP contribution in [0.25, 0.3) is 10.9 Å². The summed E-state index contributed by atoms with van der Waals surface area (Å²) in [5.74, 6) is 0.851. The molecule has 0 saturated carbocycles. The molecule has 0 fully saturated rings. The first-order valence-corrected chi connectivity index (χ1v) is 10.2. The van der Waals surface area contributed by atoms with Crippen LogP contribution in [-0.4, -0.2) is 30.7 Å². The Morgan fingerprint density at radius 3 is 2.59 bits per heavy atom. The molecule has 32 heavy (non-hydrogen) atoms. The molecule has 9 heteroatoms. The van der Waals surface area contributed by atoms with Crippen LogP contribution in [0.5, 0.6) is 11.5 Å². The van der Waals surface area contributed by atoms with E-state index in [1.165, 1.54) is 0 Å². The highest BCUT2D eigenvalue weighted by atomic mass is 127. The van der Waals surface area contributed by atoms with Crippen molar-refractivity contribution in [2.75, 3.05) is 13.2 Å². The number of fused-ring (bicyclic) bond motifs is 1. The van der Waals surface area contributed by atoms with Gasteiger partial charge in [0.1, 0.15) is 0 Å². The first-order valence-electron chi connectivity index (χ1n) is 10.2. The number of halogens is 3. The van der Waals surface area contributed by atoms with E-state index in [1.54, 1.807) is 31.3 Å². The van der Waals surface area contributed by atoms with E-state index < -0.39 is 6.61 Å². The van der Waals surface area contributed by atoms with E-state index in [2.05, 4.69) is 20.6 Å². The molecule has 0 aliphatic rings. The van der Waals surface area contributed by atoms with E-state index in [4.69, 9.17) is 9.47 Å². The number of benzene rings is 2. The van der Waals surface area contributed by atoms with Crippen LogP contribution in [-0.2, 0) is 13.1 Å². The number of aromatic nitrogens is 1. The molecule has 3 rings (SSSR count). The topological polar surface area (TPSA) is 67.8 Å². The van der Waals surface area contributed by atoms with Crippen molar-refractivity contribution in [1.29, 1.82) is 0 Å². The third kappa shape index (κ3) is 6.91. The molecule has 0 atom stereocenters. The number of nitrogens with one attached hydrogen (secondary N) is 2. The zero-order valence-corrected chi connectivity index (χ0v) is 20.3. The number of pyridine rings is 1. The number of aliphatic imine (C=N–C) groups is 1. The monoisotopic (exact) mass is 556 g/mol. The van der Waals surface area contributed by atoms with E-state index >= 15 is 0 Å². The number of nitrogens with zero attached hydrogens (tertiary/aromatic N) is 2. The van der Waals surface area contributed by atoms with Gasteiger partial charge in [0.25, 0.3) is 0 Å². The Bertz CT molecular complexity index is 1030. The molecule has 0 spiro atoms. The van der Waals surface area contributed by atoms with Crippen molar-refractivity contribution < 1.29 is 18.3 Å². The average molecular weight is 556 g/mol. The maximum absolute atomic E-state index is 12.9. The average Bonchev–Trinajstić information content (AvgIpc) is 2.77. The zero-order chi connectivity index (χ0) is 22.1. The zero-order valence-electron chi connectivity index (χ0n) is 18.0. The number of rotatable bonds is 9. The van der Waals surface area contributed by atoms with Crippen molar-refractivity contribution in [3.8, 4) is 11.5 Å². The molecule has 0 amide bonds.